The zero-order valence-electron chi connectivity index (χ0n) is 19.7. The van der Waals surface area contributed by atoms with Gasteiger partial charge in [0.15, 0.2) is 5.83 Å². The van der Waals surface area contributed by atoms with Gasteiger partial charge in [-0.15, -0.1) is 0 Å². The van der Waals surface area contributed by atoms with E-state index in [4.69, 9.17) is 21.1 Å². The van der Waals surface area contributed by atoms with Crippen LogP contribution in [0.4, 0.5) is 16.0 Å². The lowest BCUT2D eigenvalue weighted by Crippen LogP contribution is -2.19. The Morgan fingerprint density at radius 3 is 2.73 bits per heavy atom. The van der Waals surface area contributed by atoms with Gasteiger partial charge in [0.1, 0.15) is 5.75 Å². The highest BCUT2D eigenvalue weighted by molar-refractivity contribution is 6.31. The van der Waals surface area contributed by atoms with Crippen molar-refractivity contribution >= 4 is 23.2 Å². The molecule has 0 radical (unpaired) electrons. The molecule has 1 N–H and O–H groups in total. The predicted molar refractivity (Wildman–Crippen MR) is 131 cm³/mol. The van der Waals surface area contributed by atoms with Crippen LogP contribution in [-0.2, 0) is 6.54 Å². The number of rotatable bonds is 9. The van der Waals surface area contributed by atoms with E-state index < -0.39 is 11.4 Å². The summed E-state index contributed by atoms with van der Waals surface area (Å²) in [6, 6.07) is 5.64. The van der Waals surface area contributed by atoms with Crippen LogP contribution in [0, 0.1) is 6.92 Å². The Labute approximate surface area is 198 Å². The van der Waals surface area contributed by atoms with Gasteiger partial charge in [-0.3, -0.25) is 4.79 Å². The van der Waals surface area contributed by atoms with E-state index in [1.54, 1.807) is 23.8 Å². The third-order valence-electron chi connectivity index (χ3n) is 4.54. The largest absolute Gasteiger partial charge is 0.491 e. The van der Waals surface area contributed by atoms with Gasteiger partial charge in [-0.2, -0.15) is 9.37 Å². The SMILES string of the molecule is C/C=C(/Cl)C(F)=C=C/C=C(\C)Cn1cc(OC)c(=O)nc1Nc1cccc(OC(C)C)c1C. The van der Waals surface area contributed by atoms with Crippen molar-refractivity contribution < 1.29 is 13.9 Å². The van der Waals surface area contributed by atoms with E-state index >= 15 is 0 Å². The molecule has 0 unspecified atom stereocenters. The van der Waals surface area contributed by atoms with Crippen LogP contribution in [0.1, 0.15) is 33.3 Å². The molecule has 6 nitrogen and oxygen atoms in total. The van der Waals surface area contributed by atoms with Crippen molar-refractivity contribution in [3.05, 3.63) is 80.7 Å². The van der Waals surface area contributed by atoms with Crippen molar-refractivity contribution in [1.82, 2.24) is 9.55 Å². The normalized spacial score (nSPS) is 11.8. The first-order valence-corrected chi connectivity index (χ1v) is 10.8. The van der Waals surface area contributed by atoms with E-state index in [0.717, 1.165) is 22.6 Å². The monoisotopic (exact) mass is 473 g/mol. The molecule has 1 heterocycles. The molecule has 0 amide bonds. The summed E-state index contributed by atoms with van der Waals surface area (Å²) in [5.74, 6) is 0.549. The summed E-state index contributed by atoms with van der Waals surface area (Å²) in [4.78, 5) is 16.5. The Bertz CT molecular complexity index is 1180. The number of benzene rings is 1. The molecule has 0 atom stereocenters. The highest BCUT2D eigenvalue weighted by Crippen LogP contribution is 2.28. The number of anilines is 2. The van der Waals surface area contributed by atoms with E-state index in [-0.39, 0.29) is 16.9 Å². The van der Waals surface area contributed by atoms with Crippen LogP contribution in [0.5, 0.6) is 11.5 Å². The van der Waals surface area contributed by atoms with Gasteiger partial charge in [-0.25, -0.2) is 0 Å². The molecule has 0 saturated carbocycles. The minimum absolute atomic E-state index is 0.00261. The Balaban J connectivity index is 2.42. The quantitative estimate of drug-likeness (QED) is 0.347. The van der Waals surface area contributed by atoms with Crippen molar-refractivity contribution in [2.45, 2.75) is 47.3 Å². The van der Waals surface area contributed by atoms with Gasteiger partial charge in [0.05, 0.1) is 24.4 Å². The number of ether oxygens (including phenoxy) is 2. The van der Waals surface area contributed by atoms with Crippen molar-refractivity contribution in [2.75, 3.05) is 12.4 Å². The van der Waals surface area contributed by atoms with Crippen LogP contribution in [0.15, 0.2) is 69.6 Å². The highest BCUT2D eigenvalue weighted by atomic mass is 35.5. The van der Waals surface area contributed by atoms with Crippen LogP contribution >= 0.6 is 11.6 Å². The third-order valence-corrected chi connectivity index (χ3v) is 4.92. The molecule has 2 rings (SSSR count). The molecule has 0 saturated heterocycles. The number of methoxy groups -OCH3 is 1. The second-order valence-electron chi connectivity index (χ2n) is 7.56. The number of nitrogens with one attached hydrogen (secondary N) is 1. The zero-order chi connectivity index (χ0) is 24.5. The molecular weight excluding hydrogens is 445 g/mol. The van der Waals surface area contributed by atoms with Crippen LogP contribution in [-0.4, -0.2) is 22.8 Å². The molecule has 1 aromatic heterocycles. The standard InChI is InChI=1S/C25H29ClFN3O3/c1-7-19(26)20(27)11-8-10-17(4)14-30-15-23(32-6)24(31)29-25(30)28-21-12-9-13-22(18(21)5)33-16(2)3/h7-10,12-13,15-16H,14H2,1-6H3,(H,28,29,31)/b17-10+,19-7+. The summed E-state index contributed by atoms with van der Waals surface area (Å²) in [6.45, 7) is 9.72. The van der Waals surface area contributed by atoms with Gasteiger partial charge in [0.25, 0.3) is 0 Å². The molecule has 1 aromatic carbocycles. The average Bonchev–Trinajstić information content (AvgIpc) is 2.77. The highest BCUT2D eigenvalue weighted by Gasteiger charge is 2.13. The summed E-state index contributed by atoms with van der Waals surface area (Å²) in [6.07, 6.45) is 6.21. The number of aromatic nitrogens is 2. The van der Waals surface area contributed by atoms with E-state index in [0.29, 0.717) is 12.5 Å². The molecule has 0 aliphatic heterocycles. The number of hydrogen-bond acceptors (Lipinski definition) is 5. The molecule has 8 heteroatoms. The first-order chi connectivity index (χ1) is 15.7. The van der Waals surface area contributed by atoms with E-state index in [9.17, 15) is 9.18 Å². The lowest BCUT2D eigenvalue weighted by Gasteiger charge is -2.18. The fourth-order valence-corrected chi connectivity index (χ4v) is 2.91. The maximum Gasteiger partial charge on any atom is 0.316 e. The molecule has 0 fully saturated rings. The second-order valence-corrected chi connectivity index (χ2v) is 7.97. The van der Waals surface area contributed by atoms with Crippen molar-refractivity contribution in [3.8, 4) is 11.5 Å². The fraction of sp³-hybridized carbons (Fsp3) is 0.320. The third kappa shape index (κ3) is 7.38. The lowest BCUT2D eigenvalue weighted by atomic mass is 10.2. The summed E-state index contributed by atoms with van der Waals surface area (Å²) in [5, 5.41) is 3.22. The van der Waals surface area contributed by atoms with Gasteiger partial charge >= 0.3 is 5.56 Å². The Hall–Kier alpha value is -3.28. The number of hydrogen-bond donors (Lipinski definition) is 1. The smallest absolute Gasteiger partial charge is 0.316 e. The maximum atomic E-state index is 13.7. The maximum absolute atomic E-state index is 13.7. The van der Waals surface area contributed by atoms with Crippen LogP contribution < -0.4 is 20.3 Å². The summed E-state index contributed by atoms with van der Waals surface area (Å²) in [7, 11) is 1.41. The molecule has 0 spiro atoms. The predicted octanol–water partition coefficient (Wildman–Crippen LogP) is 6.19. The lowest BCUT2D eigenvalue weighted by molar-refractivity contribution is 0.241. The first kappa shape index (κ1) is 26.0. The topological polar surface area (TPSA) is 65.4 Å². The van der Waals surface area contributed by atoms with E-state index in [1.165, 1.54) is 19.3 Å². The fourth-order valence-electron chi connectivity index (χ4n) is 2.86. The number of allylic oxidation sites excluding steroid dienone is 5. The zero-order valence-corrected chi connectivity index (χ0v) is 20.5. The molecule has 176 valence electrons. The minimum Gasteiger partial charge on any atom is -0.491 e. The van der Waals surface area contributed by atoms with Crippen molar-refractivity contribution in [2.24, 2.45) is 0 Å². The van der Waals surface area contributed by atoms with E-state index in [1.807, 2.05) is 45.9 Å². The minimum atomic E-state index is -0.642. The summed E-state index contributed by atoms with van der Waals surface area (Å²) >= 11 is 5.73. The van der Waals surface area contributed by atoms with Crippen LogP contribution in [0.2, 0.25) is 0 Å². The Morgan fingerprint density at radius 2 is 2.09 bits per heavy atom. The number of nitrogens with zero attached hydrogens (tertiary/aromatic N) is 2. The summed E-state index contributed by atoms with van der Waals surface area (Å²) in [5.41, 5.74) is 4.50. The molecule has 0 aliphatic rings. The Kier molecular flexibility index (Phi) is 9.52. The van der Waals surface area contributed by atoms with Crippen LogP contribution in [0.3, 0.4) is 0 Å². The molecule has 33 heavy (non-hydrogen) atoms. The Morgan fingerprint density at radius 1 is 1.36 bits per heavy atom. The van der Waals surface area contributed by atoms with Gasteiger partial charge < -0.3 is 19.4 Å². The van der Waals surface area contributed by atoms with Gasteiger partial charge in [0.2, 0.25) is 11.7 Å². The molecule has 0 bridgehead atoms. The first-order valence-electron chi connectivity index (χ1n) is 10.4. The van der Waals surface area contributed by atoms with Gasteiger partial charge in [-0.05, 0) is 52.8 Å². The molecule has 2 aromatic rings. The number of halogens is 2. The van der Waals surface area contributed by atoms with E-state index in [2.05, 4.69) is 16.0 Å². The van der Waals surface area contributed by atoms with Gasteiger partial charge in [0, 0.05) is 17.8 Å². The van der Waals surface area contributed by atoms with Crippen LogP contribution in [0.25, 0.3) is 0 Å². The second kappa shape index (κ2) is 12.1. The van der Waals surface area contributed by atoms with Crippen molar-refractivity contribution in [1.29, 1.82) is 0 Å². The van der Waals surface area contributed by atoms with Gasteiger partial charge in [-0.1, -0.05) is 41.1 Å². The summed E-state index contributed by atoms with van der Waals surface area (Å²) < 4.78 is 26.5. The molecule has 0 aliphatic carbocycles. The average molecular weight is 474 g/mol. The molecular formula is C25H29ClFN3O3. The van der Waals surface area contributed by atoms with Crippen molar-refractivity contribution in [3.63, 3.8) is 0 Å².